The van der Waals surface area contributed by atoms with Crippen molar-refractivity contribution in [2.75, 3.05) is 5.75 Å². The Bertz CT molecular complexity index is 1720. The number of sulfone groups is 1. The topological polar surface area (TPSA) is 104 Å². The molecule has 4 rings (SSSR count). The van der Waals surface area contributed by atoms with E-state index in [1.807, 2.05) is 0 Å². The van der Waals surface area contributed by atoms with E-state index in [1.54, 1.807) is 0 Å². The van der Waals surface area contributed by atoms with Crippen LogP contribution in [0.2, 0.25) is 0 Å². The summed E-state index contributed by atoms with van der Waals surface area (Å²) in [6.07, 6.45) is -7.55. The largest absolute Gasteiger partial charge is 0.573 e. The first-order chi connectivity index (χ1) is 17.6. The third-order valence-electron chi connectivity index (χ3n) is 5.19. The summed E-state index contributed by atoms with van der Waals surface area (Å²) in [5.41, 5.74) is -3.16. The predicted octanol–water partition coefficient (Wildman–Crippen LogP) is 4.69. The number of ether oxygens (including phenoxy) is 1. The second kappa shape index (κ2) is 9.34. The van der Waals surface area contributed by atoms with E-state index in [9.17, 15) is 43.9 Å². The minimum Gasteiger partial charge on any atom is -0.406 e. The van der Waals surface area contributed by atoms with Crippen molar-refractivity contribution in [3.05, 3.63) is 70.7 Å². The van der Waals surface area contributed by atoms with E-state index in [0.29, 0.717) is 23.0 Å². The fraction of sp³-hybridized carbons (Fsp3) is 0.182. The van der Waals surface area contributed by atoms with Gasteiger partial charge in [0, 0.05) is 35.0 Å². The molecule has 0 N–H and O–H groups in total. The first-order valence-corrected chi connectivity index (χ1v) is 12.0. The molecule has 4 aromatic rings. The molecule has 0 aliphatic heterocycles. The summed E-state index contributed by atoms with van der Waals surface area (Å²) in [4.78, 5) is 19.9. The van der Waals surface area contributed by atoms with Crippen LogP contribution in [-0.4, -0.2) is 40.3 Å². The first-order valence-electron chi connectivity index (χ1n) is 10.3. The van der Waals surface area contributed by atoms with Gasteiger partial charge in [-0.3, -0.25) is 4.79 Å². The molecule has 3 aromatic heterocycles. The van der Waals surface area contributed by atoms with Crippen molar-refractivity contribution in [3.8, 4) is 22.7 Å². The number of halogens is 7. The number of fused-ring (bicyclic) bond motifs is 1. The molecule has 0 aliphatic rings. The fourth-order valence-corrected chi connectivity index (χ4v) is 4.43. The molecule has 1 aromatic carbocycles. The predicted molar refractivity (Wildman–Crippen MR) is 118 cm³/mol. The van der Waals surface area contributed by atoms with Crippen LogP contribution in [0.3, 0.4) is 0 Å². The smallest absolute Gasteiger partial charge is 0.406 e. The van der Waals surface area contributed by atoms with Gasteiger partial charge < -0.3 is 4.74 Å². The number of pyridine rings is 2. The lowest BCUT2D eigenvalue weighted by Crippen LogP contribution is -2.25. The average Bonchev–Trinajstić information content (AvgIpc) is 2.82. The van der Waals surface area contributed by atoms with Gasteiger partial charge in [-0.05, 0) is 24.3 Å². The Kier molecular flexibility index (Phi) is 6.63. The normalized spacial score (nSPS) is 12.6. The quantitative estimate of drug-likeness (QED) is 0.325. The van der Waals surface area contributed by atoms with Crippen LogP contribution >= 0.6 is 0 Å². The highest BCUT2D eigenvalue weighted by Gasteiger charge is 2.32. The Labute approximate surface area is 208 Å². The maximum atomic E-state index is 14.6. The van der Waals surface area contributed by atoms with Gasteiger partial charge in [0.2, 0.25) is 0 Å². The molecule has 38 heavy (non-hydrogen) atoms. The molecular formula is C22H13F7N4O4S. The molecule has 3 heterocycles. The van der Waals surface area contributed by atoms with Crippen LogP contribution in [0.4, 0.5) is 30.7 Å². The maximum Gasteiger partial charge on any atom is 0.573 e. The van der Waals surface area contributed by atoms with Crippen LogP contribution in [0.15, 0.2) is 58.6 Å². The number of rotatable bonds is 5. The number of alkyl halides is 6. The number of hydrogen-bond donors (Lipinski definition) is 0. The lowest BCUT2D eigenvalue weighted by molar-refractivity contribution is -0.274. The van der Waals surface area contributed by atoms with Gasteiger partial charge in [-0.15, -0.1) is 13.2 Å². The molecule has 0 saturated carbocycles. The summed E-state index contributed by atoms with van der Waals surface area (Å²) in [6, 6.07) is 3.77. The highest BCUT2D eigenvalue weighted by molar-refractivity contribution is 7.91. The lowest BCUT2D eigenvalue weighted by atomic mass is 10.1. The molecular weight excluding hydrogens is 549 g/mol. The fourth-order valence-electron chi connectivity index (χ4n) is 3.39. The van der Waals surface area contributed by atoms with Crippen molar-refractivity contribution >= 4 is 20.7 Å². The van der Waals surface area contributed by atoms with Gasteiger partial charge in [0.1, 0.15) is 22.0 Å². The van der Waals surface area contributed by atoms with Gasteiger partial charge in [-0.1, -0.05) is 6.92 Å². The molecule has 16 heteroatoms. The second-order valence-corrected chi connectivity index (χ2v) is 9.91. The number of benzene rings is 1. The van der Waals surface area contributed by atoms with Crippen LogP contribution in [0.1, 0.15) is 12.5 Å². The Hall–Kier alpha value is -4.08. The van der Waals surface area contributed by atoms with E-state index in [0.717, 1.165) is 30.6 Å². The lowest BCUT2D eigenvalue weighted by Gasteiger charge is -2.14. The van der Waals surface area contributed by atoms with Crippen LogP contribution in [-0.2, 0) is 16.0 Å². The molecule has 0 atom stereocenters. The Morgan fingerprint density at radius 3 is 2.29 bits per heavy atom. The number of nitrogens with zero attached hydrogens (tertiary/aromatic N) is 4. The van der Waals surface area contributed by atoms with Crippen molar-refractivity contribution in [1.29, 1.82) is 0 Å². The van der Waals surface area contributed by atoms with E-state index >= 15 is 0 Å². The number of aromatic nitrogens is 4. The summed E-state index contributed by atoms with van der Waals surface area (Å²) in [7, 11) is -4.18. The standard InChI is InChI=1S/C22H13F7N4O4S/c1-2-38(35,36)17-6-11(15-4-3-14(7-16(15)23)37-22(27,28)29)8-31-19(17)33-20(34)18-12(9-32-33)5-13(10-30-18)21(24,25)26/h3-10H,2H2,1H3. The molecule has 8 nitrogen and oxygen atoms in total. The first kappa shape index (κ1) is 27.0. The van der Waals surface area contributed by atoms with Gasteiger partial charge in [0.05, 0.1) is 17.5 Å². The van der Waals surface area contributed by atoms with E-state index in [2.05, 4.69) is 19.8 Å². The second-order valence-electron chi connectivity index (χ2n) is 7.66. The highest BCUT2D eigenvalue weighted by atomic mass is 32.2. The molecule has 0 spiro atoms. The molecule has 0 aliphatic carbocycles. The molecule has 0 unspecified atom stereocenters. The van der Waals surface area contributed by atoms with Gasteiger partial charge in [-0.25, -0.2) is 22.8 Å². The van der Waals surface area contributed by atoms with Gasteiger partial charge in [0.15, 0.2) is 15.7 Å². The minimum atomic E-state index is -5.07. The monoisotopic (exact) mass is 562 g/mol. The van der Waals surface area contributed by atoms with Crippen molar-refractivity contribution in [2.24, 2.45) is 0 Å². The number of hydrogen-bond acceptors (Lipinski definition) is 7. The summed E-state index contributed by atoms with van der Waals surface area (Å²) >= 11 is 0. The molecule has 0 radical (unpaired) electrons. The molecule has 0 amide bonds. The highest BCUT2D eigenvalue weighted by Crippen LogP contribution is 2.32. The van der Waals surface area contributed by atoms with Gasteiger partial charge >= 0.3 is 12.5 Å². The van der Waals surface area contributed by atoms with E-state index < -0.39 is 67.0 Å². The minimum absolute atomic E-state index is 0.168. The van der Waals surface area contributed by atoms with Crippen LogP contribution in [0.5, 0.6) is 5.75 Å². The van der Waals surface area contributed by atoms with Gasteiger partial charge in [-0.2, -0.15) is 23.0 Å². The Morgan fingerprint density at radius 1 is 0.974 bits per heavy atom. The molecule has 0 bridgehead atoms. The summed E-state index contributed by atoms with van der Waals surface area (Å²) in [5.74, 6) is -3.08. The average molecular weight is 562 g/mol. The van der Waals surface area contributed by atoms with Crippen molar-refractivity contribution in [2.45, 2.75) is 24.4 Å². The van der Waals surface area contributed by atoms with Crippen LogP contribution < -0.4 is 10.3 Å². The van der Waals surface area contributed by atoms with Crippen molar-refractivity contribution in [3.63, 3.8) is 0 Å². The van der Waals surface area contributed by atoms with E-state index in [1.165, 1.54) is 6.92 Å². The van der Waals surface area contributed by atoms with E-state index in [4.69, 9.17) is 0 Å². The molecule has 200 valence electrons. The molecule has 0 saturated heterocycles. The Balaban J connectivity index is 1.87. The zero-order valence-electron chi connectivity index (χ0n) is 18.8. The summed E-state index contributed by atoms with van der Waals surface area (Å²) in [6.45, 7) is 1.27. The van der Waals surface area contributed by atoms with Crippen molar-refractivity contribution < 1.29 is 43.9 Å². The van der Waals surface area contributed by atoms with Crippen LogP contribution in [0.25, 0.3) is 27.8 Å². The summed E-state index contributed by atoms with van der Waals surface area (Å²) in [5, 5.41) is 3.48. The van der Waals surface area contributed by atoms with E-state index in [-0.39, 0.29) is 16.5 Å². The zero-order chi connectivity index (χ0) is 28.0. The third-order valence-corrected chi connectivity index (χ3v) is 6.92. The maximum absolute atomic E-state index is 14.6. The molecule has 0 fully saturated rings. The van der Waals surface area contributed by atoms with Crippen LogP contribution in [0, 0.1) is 5.82 Å². The zero-order valence-corrected chi connectivity index (χ0v) is 19.6. The van der Waals surface area contributed by atoms with Crippen molar-refractivity contribution in [1.82, 2.24) is 19.7 Å². The SMILES string of the molecule is CCS(=O)(=O)c1cc(-c2ccc(OC(F)(F)F)cc2F)cnc1-n1ncc2cc(C(F)(F)F)cnc2c1=O. The summed E-state index contributed by atoms with van der Waals surface area (Å²) < 4.78 is 121. The van der Waals surface area contributed by atoms with Gasteiger partial charge in [0.25, 0.3) is 5.56 Å². The Morgan fingerprint density at radius 2 is 1.68 bits per heavy atom. The third kappa shape index (κ3) is 5.29.